The highest BCUT2D eigenvalue weighted by Gasteiger charge is 2.11. The van der Waals surface area contributed by atoms with E-state index in [4.69, 9.17) is 5.73 Å². The van der Waals surface area contributed by atoms with Gasteiger partial charge in [0.05, 0.1) is 0 Å². The number of anilines is 1. The molecule has 6 nitrogen and oxygen atoms in total. The van der Waals surface area contributed by atoms with Crippen LogP contribution < -0.4 is 16.4 Å². The molecule has 0 aliphatic carbocycles. The van der Waals surface area contributed by atoms with E-state index in [0.717, 1.165) is 24.0 Å². The van der Waals surface area contributed by atoms with Crippen molar-refractivity contribution in [3.63, 3.8) is 0 Å². The summed E-state index contributed by atoms with van der Waals surface area (Å²) in [6, 6.07) is 11.6. The number of phenolic OH excluding ortho intramolecular Hbond substituents is 1. The zero-order valence-electron chi connectivity index (χ0n) is 14.4. The van der Waals surface area contributed by atoms with Crippen LogP contribution in [-0.4, -0.2) is 23.1 Å². The Morgan fingerprint density at radius 1 is 1.16 bits per heavy atom. The Hall–Kier alpha value is -3.02. The van der Waals surface area contributed by atoms with Gasteiger partial charge in [0.25, 0.3) is 0 Å². The molecule has 1 atom stereocenters. The van der Waals surface area contributed by atoms with Crippen molar-refractivity contribution in [2.24, 2.45) is 5.73 Å². The summed E-state index contributed by atoms with van der Waals surface area (Å²) in [5.41, 5.74) is 8.11. The third kappa shape index (κ3) is 5.53. The predicted octanol–water partition coefficient (Wildman–Crippen LogP) is 2.94. The van der Waals surface area contributed by atoms with Gasteiger partial charge in [0.2, 0.25) is 5.91 Å². The van der Waals surface area contributed by atoms with E-state index in [0.29, 0.717) is 11.3 Å². The fourth-order valence-corrected chi connectivity index (χ4v) is 2.41. The molecule has 0 bridgehead atoms. The molecule has 2 aromatic carbocycles. The van der Waals surface area contributed by atoms with Crippen LogP contribution in [-0.2, 0) is 6.42 Å². The van der Waals surface area contributed by atoms with Crippen molar-refractivity contribution < 1.29 is 14.7 Å². The molecule has 1 unspecified atom stereocenters. The van der Waals surface area contributed by atoms with Crippen LogP contribution in [0.1, 0.15) is 34.8 Å². The number of urea groups is 1. The summed E-state index contributed by atoms with van der Waals surface area (Å²) < 4.78 is 0. The monoisotopic (exact) mass is 341 g/mol. The minimum absolute atomic E-state index is 0.0339. The van der Waals surface area contributed by atoms with Crippen molar-refractivity contribution in [2.45, 2.75) is 32.7 Å². The van der Waals surface area contributed by atoms with Gasteiger partial charge < -0.3 is 21.5 Å². The minimum atomic E-state index is -0.536. The van der Waals surface area contributed by atoms with E-state index in [-0.39, 0.29) is 17.8 Å². The van der Waals surface area contributed by atoms with E-state index in [1.807, 2.05) is 26.0 Å². The third-order valence-electron chi connectivity index (χ3n) is 3.95. The Morgan fingerprint density at radius 3 is 2.48 bits per heavy atom. The smallest absolute Gasteiger partial charge is 0.319 e. The fraction of sp³-hybridized carbons (Fsp3) is 0.263. The van der Waals surface area contributed by atoms with Crippen molar-refractivity contribution >= 4 is 17.6 Å². The number of primary amides is 1. The van der Waals surface area contributed by atoms with Gasteiger partial charge in [-0.2, -0.15) is 0 Å². The summed E-state index contributed by atoms with van der Waals surface area (Å²) in [5, 5.41) is 14.9. The molecule has 0 heterocycles. The Balaban J connectivity index is 1.88. The summed E-state index contributed by atoms with van der Waals surface area (Å²) in [6.07, 6.45) is 1.55. The van der Waals surface area contributed by atoms with Gasteiger partial charge in [0.15, 0.2) is 0 Å². The number of phenols is 1. The average molecular weight is 341 g/mol. The van der Waals surface area contributed by atoms with Crippen LogP contribution in [0.5, 0.6) is 5.75 Å². The van der Waals surface area contributed by atoms with Gasteiger partial charge in [-0.15, -0.1) is 0 Å². The molecule has 0 aliphatic rings. The number of aryl methyl sites for hydroxylation is 2. The van der Waals surface area contributed by atoms with Gasteiger partial charge >= 0.3 is 6.03 Å². The highest BCUT2D eigenvalue weighted by atomic mass is 16.3. The van der Waals surface area contributed by atoms with Gasteiger partial charge in [-0.1, -0.05) is 18.2 Å². The van der Waals surface area contributed by atoms with Crippen LogP contribution in [0.25, 0.3) is 0 Å². The van der Waals surface area contributed by atoms with Crippen LogP contribution in [0.2, 0.25) is 0 Å². The first-order valence-corrected chi connectivity index (χ1v) is 8.11. The Labute approximate surface area is 147 Å². The number of aromatic hydroxyl groups is 1. The lowest BCUT2D eigenvalue weighted by Gasteiger charge is -2.16. The summed E-state index contributed by atoms with van der Waals surface area (Å²) in [4.78, 5) is 23.4. The normalized spacial score (nSPS) is 11.6. The first-order chi connectivity index (χ1) is 11.8. The quantitative estimate of drug-likeness (QED) is 0.649. The Morgan fingerprint density at radius 2 is 1.84 bits per heavy atom. The van der Waals surface area contributed by atoms with Crippen molar-refractivity contribution in [1.82, 2.24) is 5.32 Å². The molecule has 0 saturated carbocycles. The maximum Gasteiger partial charge on any atom is 0.319 e. The number of carbonyl (C=O) groups is 2. The molecule has 0 aliphatic heterocycles. The average Bonchev–Trinajstić information content (AvgIpc) is 2.56. The Kier molecular flexibility index (Phi) is 6.00. The van der Waals surface area contributed by atoms with Gasteiger partial charge in [-0.25, -0.2) is 4.79 Å². The molecule has 0 saturated heterocycles. The highest BCUT2D eigenvalue weighted by molar-refractivity contribution is 5.96. The van der Waals surface area contributed by atoms with Crippen LogP contribution in [0, 0.1) is 6.92 Å². The van der Waals surface area contributed by atoms with Crippen LogP contribution in [0.3, 0.4) is 0 Å². The second kappa shape index (κ2) is 8.19. The van der Waals surface area contributed by atoms with Crippen molar-refractivity contribution in [3.8, 4) is 5.75 Å². The van der Waals surface area contributed by atoms with Crippen molar-refractivity contribution in [2.75, 3.05) is 5.32 Å². The van der Waals surface area contributed by atoms with Crippen LogP contribution >= 0.6 is 0 Å². The molecule has 132 valence electrons. The van der Waals surface area contributed by atoms with E-state index in [9.17, 15) is 14.7 Å². The molecule has 2 rings (SSSR count). The van der Waals surface area contributed by atoms with E-state index < -0.39 is 5.91 Å². The molecule has 25 heavy (non-hydrogen) atoms. The van der Waals surface area contributed by atoms with E-state index >= 15 is 0 Å². The first-order valence-electron chi connectivity index (χ1n) is 8.11. The number of carbonyl (C=O) groups excluding carboxylic acids is 2. The maximum atomic E-state index is 12.1. The number of rotatable bonds is 6. The summed E-state index contributed by atoms with van der Waals surface area (Å²) >= 11 is 0. The van der Waals surface area contributed by atoms with E-state index in [1.54, 1.807) is 30.3 Å². The molecule has 6 heteroatoms. The number of hydrogen-bond donors (Lipinski definition) is 4. The zero-order valence-corrected chi connectivity index (χ0v) is 14.4. The fourth-order valence-electron chi connectivity index (χ4n) is 2.41. The number of hydrogen-bond acceptors (Lipinski definition) is 3. The van der Waals surface area contributed by atoms with Gasteiger partial charge in [-0.05, 0) is 62.1 Å². The number of nitrogens with two attached hydrogens (primary N) is 1. The second-order valence-electron chi connectivity index (χ2n) is 6.10. The SMILES string of the molecule is Cc1ccc(C(N)=O)cc1NC(=O)NC(C)CCc1ccc(O)cc1. The first kappa shape index (κ1) is 18.3. The van der Waals surface area contributed by atoms with Crippen LogP contribution in [0.15, 0.2) is 42.5 Å². The summed E-state index contributed by atoms with van der Waals surface area (Å²) in [6.45, 7) is 3.77. The number of amides is 3. The van der Waals surface area contributed by atoms with E-state index in [2.05, 4.69) is 10.6 Å². The molecule has 5 N–H and O–H groups in total. The lowest BCUT2D eigenvalue weighted by atomic mass is 10.1. The third-order valence-corrected chi connectivity index (χ3v) is 3.95. The lowest BCUT2D eigenvalue weighted by Crippen LogP contribution is -2.36. The molecular weight excluding hydrogens is 318 g/mol. The molecule has 0 aromatic heterocycles. The molecule has 0 radical (unpaired) electrons. The van der Waals surface area contributed by atoms with Gasteiger partial charge in [0.1, 0.15) is 5.75 Å². The largest absolute Gasteiger partial charge is 0.508 e. The molecule has 0 spiro atoms. The number of nitrogens with one attached hydrogen (secondary N) is 2. The lowest BCUT2D eigenvalue weighted by molar-refractivity contribution is 0.1000. The zero-order chi connectivity index (χ0) is 18.4. The highest BCUT2D eigenvalue weighted by Crippen LogP contribution is 2.17. The molecular formula is C19H23N3O3. The minimum Gasteiger partial charge on any atom is -0.508 e. The molecule has 0 fully saturated rings. The predicted molar refractivity (Wildman–Crippen MR) is 97.7 cm³/mol. The van der Waals surface area contributed by atoms with Crippen molar-refractivity contribution in [3.05, 3.63) is 59.2 Å². The van der Waals surface area contributed by atoms with E-state index in [1.165, 1.54) is 0 Å². The second-order valence-corrected chi connectivity index (χ2v) is 6.10. The Bertz CT molecular complexity index is 757. The van der Waals surface area contributed by atoms with Crippen LogP contribution in [0.4, 0.5) is 10.5 Å². The van der Waals surface area contributed by atoms with Crippen molar-refractivity contribution in [1.29, 1.82) is 0 Å². The molecule has 3 amide bonds. The summed E-state index contributed by atoms with van der Waals surface area (Å²) in [7, 11) is 0. The maximum absolute atomic E-state index is 12.1. The number of benzene rings is 2. The summed E-state index contributed by atoms with van der Waals surface area (Å²) in [5.74, 6) is -0.298. The molecule has 2 aromatic rings. The standard InChI is InChI=1S/C19H23N3O3/c1-12-3-8-15(18(20)24)11-17(12)22-19(25)21-13(2)4-5-14-6-9-16(23)10-7-14/h3,6-11,13,23H,4-5H2,1-2H3,(H2,20,24)(H2,21,22,25). The topological polar surface area (TPSA) is 104 Å². The van der Waals surface area contributed by atoms with Gasteiger partial charge in [0, 0.05) is 17.3 Å². The van der Waals surface area contributed by atoms with Gasteiger partial charge in [-0.3, -0.25) is 4.79 Å².